The van der Waals surface area contributed by atoms with E-state index in [9.17, 15) is 14.4 Å². The Morgan fingerprint density at radius 3 is 2.53 bits per heavy atom. The minimum absolute atomic E-state index is 0.00697. The van der Waals surface area contributed by atoms with Crippen molar-refractivity contribution in [2.45, 2.75) is 40.0 Å². The van der Waals surface area contributed by atoms with Crippen LogP contribution < -0.4 is 10.6 Å². The maximum Gasteiger partial charge on any atom is 0.286 e. The van der Waals surface area contributed by atoms with Crippen LogP contribution in [0.25, 0.3) is 0 Å². The van der Waals surface area contributed by atoms with Gasteiger partial charge in [0.25, 0.3) is 11.8 Å². The highest BCUT2D eigenvalue weighted by molar-refractivity contribution is 7.15. The summed E-state index contributed by atoms with van der Waals surface area (Å²) in [6, 6.07) is 7.42. The van der Waals surface area contributed by atoms with Crippen molar-refractivity contribution in [2.75, 3.05) is 44.6 Å². The van der Waals surface area contributed by atoms with Crippen molar-refractivity contribution in [1.29, 1.82) is 0 Å². The highest BCUT2D eigenvalue weighted by Crippen LogP contribution is 2.21. The first kappa shape index (κ1) is 25.8. The molecule has 2 N–H and O–H groups in total. The van der Waals surface area contributed by atoms with Crippen molar-refractivity contribution >= 4 is 34.7 Å². The topological polar surface area (TPSA) is 108 Å². The van der Waals surface area contributed by atoms with Gasteiger partial charge < -0.3 is 20.4 Å². The van der Waals surface area contributed by atoms with Crippen LogP contribution in [0.5, 0.6) is 0 Å². The average molecular weight is 487 g/mol. The summed E-state index contributed by atoms with van der Waals surface area (Å²) in [4.78, 5) is 42.0. The number of piperidine rings is 1. The fraction of sp³-hybridized carbons (Fsp3) is 0.542. The van der Waals surface area contributed by atoms with E-state index >= 15 is 0 Å². The van der Waals surface area contributed by atoms with Gasteiger partial charge in [0.2, 0.25) is 15.9 Å². The van der Waals surface area contributed by atoms with Gasteiger partial charge in [0, 0.05) is 25.3 Å². The molecule has 184 valence electrons. The summed E-state index contributed by atoms with van der Waals surface area (Å²) in [6.45, 7) is 10.8. The standard InChI is InChI=1S/C24H34N6O3S/c1-4-29(5-2)14-7-13-25-20(31)18-8-6-15-30(16-18)24(33)23-28-27-22(34-23)21(32)26-19-11-9-17(3)10-12-19/h9-12,18H,4-8,13-16H2,1-3H3,(H,25,31)(H,26,32)/t18-/m1/s1. The van der Waals surface area contributed by atoms with Crippen molar-refractivity contribution in [2.24, 2.45) is 5.92 Å². The molecule has 3 rings (SSSR count). The predicted octanol–water partition coefficient (Wildman–Crippen LogP) is 2.80. The third-order valence-electron chi connectivity index (χ3n) is 6.04. The third-order valence-corrected chi connectivity index (χ3v) is 6.95. The molecule has 1 aliphatic rings. The van der Waals surface area contributed by atoms with E-state index in [1.165, 1.54) is 0 Å². The predicted molar refractivity (Wildman–Crippen MR) is 133 cm³/mol. The lowest BCUT2D eigenvalue weighted by molar-refractivity contribution is -0.126. The van der Waals surface area contributed by atoms with E-state index in [1.807, 2.05) is 31.2 Å². The number of nitrogens with zero attached hydrogens (tertiary/aromatic N) is 4. The second-order valence-corrected chi connectivity index (χ2v) is 9.47. The molecule has 9 nitrogen and oxygen atoms in total. The van der Waals surface area contributed by atoms with Crippen molar-refractivity contribution in [1.82, 2.24) is 25.3 Å². The monoisotopic (exact) mass is 486 g/mol. The van der Waals surface area contributed by atoms with Crippen LogP contribution in [0.15, 0.2) is 24.3 Å². The molecular weight excluding hydrogens is 452 g/mol. The highest BCUT2D eigenvalue weighted by Gasteiger charge is 2.30. The van der Waals surface area contributed by atoms with E-state index in [0.29, 0.717) is 25.3 Å². The van der Waals surface area contributed by atoms with Crippen molar-refractivity contribution < 1.29 is 14.4 Å². The SMILES string of the molecule is CCN(CC)CCCNC(=O)[C@@H]1CCCN(C(=O)c2nnc(C(=O)Nc3ccc(C)cc3)s2)C1. The second kappa shape index (κ2) is 12.6. The molecule has 0 aliphatic carbocycles. The lowest BCUT2D eigenvalue weighted by atomic mass is 9.97. The summed E-state index contributed by atoms with van der Waals surface area (Å²) < 4.78 is 0. The third kappa shape index (κ3) is 7.07. The van der Waals surface area contributed by atoms with Crippen LogP contribution in [0, 0.1) is 12.8 Å². The Kier molecular flexibility index (Phi) is 9.52. The molecule has 1 aliphatic heterocycles. The molecule has 10 heteroatoms. The molecule has 1 atom stereocenters. The molecule has 0 bridgehead atoms. The zero-order valence-corrected chi connectivity index (χ0v) is 21.0. The molecule has 0 radical (unpaired) electrons. The van der Waals surface area contributed by atoms with E-state index < -0.39 is 5.91 Å². The molecule has 1 aromatic heterocycles. The van der Waals surface area contributed by atoms with E-state index in [-0.39, 0.29) is 27.7 Å². The Hall–Kier alpha value is -2.85. The van der Waals surface area contributed by atoms with Crippen LogP contribution in [0.4, 0.5) is 5.69 Å². The van der Waals surface area contributed by atoms with Gasteiger partial charge in [0.1, 0.15) is 0 Å². The number of amides is 3. The molecule has 34 heavy (non-hydrogen) atoms. The van der Waals surface area contributed by atoms with E-state index in [2.05, 4.69) is 39.6 Å². The van der Waals surface area contributed by atoms with Gasteiger partial charge in [0.15, 0.2) is 0 Å². The van der Waals surface area contributed by atoms with Gasteiger partial charge in [-0.25, -0.2) is 0 Å². The molecule has 2 aromatic rings. The first-order chi connectivity index (χ1) is 16.4. The van der Waals surface area contributed by atoms with Crippen molar-refractivity contribution in [3.8, 4) is 0 Å². The molecule has 0 spiro atoms. The summed E-state index contributed by atoms with van der Waals surface area (Å²) in [6.07, 6.45) is 2.41. The molecule has 1 fully saturated rings. The summed E-state index contributed by atoms with van der Waals surface area (Å²) in [7, 11) is 0. The zero-order valence-electron chi connectivity index (χ0n) is 20.2. The fourth-order valence-corrected chi connectivity index (χ4v) is 4.64. The maximum absolute atomic E-state index is 13.0. The number of benzene rings is 1. The first-order valence-electron chi connectivity index (χ1n) is 11.9. The number of carbonyl (C=O) groups excluding carboxylic acids is 3. The van der Waals surface area contributed by atoms with Crippen LogP contribution >= 0.6 is 11.3 Å². The minimum atomic E-state index is -0.402. The second-order valence-electron chi connectivity index (χ2n) is 8.49. The van der Waals surface area contributed by atoms with Gasteiger partial charge in [-0.2, -0.15) is 0 Å². The number of anilines is 1. The minimum Gasteiger partial charge on any atom is -0.356 e. The van der Waals surface area contributed by atoms with E-state index in [4.69, 9.17) is 0 Å². The van der Waals surface area contributed by atoms with Gasteiger partial charge in [0.05, 0.1) is 5.92 Å². The van der Waals surface area contributed by atoms with E-state index in [1.54, 1.807) is 4.90 Å². The highest BCUT2D eigenvalue weighted by atomic mass is 32.1. The molecule has 3 amide bonds. The van der Waals surface area contributed by atoms with Crippen LogP contribution in [0.3, 0.4) is 0 Å². The largest absolute Gasteiger partial charge is 0.356 e. The quantitative estimate of drug-likeness (QED) is 0.500. The summed E-state index contributed by atoms with van der Waals surface area (Å²) in [5, 5.41) is 13.9. The number of hydrogen-bond acceptors (Lipinski definition) is 7. The number of hydrogen-bond donors (Lipinski definition) is 2. The smallest absolute Gasteiger partial charge is 0.286 e. The Bertz CT molecular complexity index is 973. The van der Waals surface area contributed by atoms with Crippen LogP contribution in [-0.4, -0.2) is 77.0 Å². The van der Waals surface area contributed by atoms with Gasteiger partial charge in [-0.3, -0.25) is 14.4 Å². The molecule has 1 aromatic carbocycles. The number of aromatic nitrogens is 2. The Morgan fingerprint density at radius 1 is 1.12 bits per heavy atom. The number of rotatable bonds is 10. The summed E-state index contributed by atoms with van der Waals surface area (Å²) >= 11 is 0.968. The van der Waals surface area contributed by atoms with Crippen molar-refractivity contribution in [3.63, 3.8) is 0 Å². The Balaban J connectivity index is 1.50. The molecular formula is C24H34N6O3S. The number of aryl methyl sites for hydroxylation is 1. The number of likely N-dealkylation sites (tertiary alicyclic amines) is 1. The summed E-state index contributed by atoms with van der Waals surface area (Å²) in [5.41, 5.74) is 1.75. The number of nitrogens with one attached hydrogen (secondary N) is 2. The van der Waals surface area contributed by atoms with Crippen molar-refractivity contribution in [3.05, 3.63) is 39.8 Å². The number of carbonyl (C=O) groups is 3. The lowest BCUT2D eigenvalue weighted by Gasteiger charge is -2.31. The summed E-state index contributed by atoms with van der Waals surface area (Å²) in [5.74, 6) is -0.928. The van der Waals surface area contributed by atoms with E-state index in [0.717, 1.165) is 55.8 Å². The Labute approximate surface area is 204 Å². The zero-order chi connectivity index (χ0) is 24.5. The maximum atomic E-state index is 13.0. The van der Waals surface area contributed by atoms with Gasteiger partial charge in [-0.1, -0.05) is 42.9 Å². The lowest BCUT2D eigenvalue weighted by Crippen LogP contribution is -2.45. The first-order valence-corrected chi connectivity index (χ1v) is 12.7. The molecule has 1 saturated heterocycles. The normalized spacial score (nSPS) is 15.9. The average Bonchev–Trinajstić information content (AvgIpc) is 3.35. The molecule has 2 heterocycles. The van der Waals surface area contributed by atoms with Crippen LogP contribution in [0.1, 0.15) is 58.3 Å². The van der Waals surface area contributed by atoms with Crippen LogP contribution in [-0.2, 0) is 4.79 Å². The molecule has 0 saturated carbocycles. The van der Waals surface area contributed by atoms with Gasteiger partial charge in [-0.15, -0.1) is 10.2 Å². The van der Waals surface area contributed by atoms with Gasteiger partial charge >= 0.3 is 0 Å². The van der Waals surface area contributed by atoms with Gasteiger partial charge in [-0.05, 0) is 58.0 Å². The Morgan fingerprint density at radius 2 is 1.82 bits per heavy atom. The fourth-order valence-electron chi connectivity index (χ4n) is 3.93. The molecule has 0 unspecified atom stereocenters. The van der Waals surface area contributed by atoms with Crippen LogP contribution in [0.2, 0.25) is 0 Å².